The van der Waals surface area contributed by atoms with Gasteiger partial charge in [-0.1, -0.05) is 90.9 Å². The van der Waals surface area contributed by atoms with Crippen molar-refractivity contribution >= 4 is 0 Å². The van der Waals surface area contributed by atoms with Crippen LogP contribution in [-0.2, 0) is 9.47 Å². The van der Waals surface area contributed by atoms with Crippen molar-refractivity contribution in [1.29, 1.82) is 0 Å². The predicted octanol–water partition coefficient (Wildman–Crippen LogP) is 4.06. The minimum atomic E-state index is -1.39. The molecule has 1 aliphatic heterocycles. The van der Waals surface area contributed by atoms with Gasteiger partial charge < -0.3 is 29.9 Å². The Morgan fingerprint density at radius 1 is 0.700 bits per heavy atom. The van der Waals surface area contributed by atoms with E-state index < -0.39 is 36.8 Å². The van der Waals surface area contributed by atoms with Crippen LogP contribution in [0.3, 0.4) is 0 Å². The fourth-order valence-corrected chi connectivity index (χ4v) is 4.24. The summed E-state index contributed by atoms with van der Waals surface area (Å²) in [5.74, 6) is -1.36. The van der Waals surface area contributed by atoms with Gasteiger partial charge >= 0.3 is 0 Å². The first-order chi connectivity index (χ1) is 14.5. The van der Waals surface area contributed by atoms with Crippen molar-refractivity contribution in [2.45, 2.75) is 140 Å². The topological polar surface area (TPSA) is 99.4 Å². The van der Waals surface area contributed by atoms with Gasteiger partial charge in [0.05, 0.1) is 13.2 Å². The highest BCUT2D eigenvalue weighted by atomic mass is 16.7. The Morgan fingerprint density at radius 3 is 1.73 bits per heavy atom. The highest BCUT2D eigenvalue weighted by Crippen LogP contribution is 2.36. The lowest BCUT2D eigenvalue weighted by Gasteiger charge is -2.48. The summed E-state index contributed by atoms with van der Waals surface area (Å²) in [6, 6.07) is 0. The lowest BCUT2D eigenvalue weighted by Crippen LogP contribution is -2.66. The van der Waals surface area contributed by atoms with Crippen molar-refractivity contribution in [3.8, 4) is 0 Å². The van der Waals surface area contributed by atoms with Crippen LogP contribution in [0.5, 0.6) is 0 Å². The molecule has 180 valence electrons. The molecular weight excluding hydrogens is 384 g/mol. The first-order valence-electron chi connectivity index (χ1n) is 12.5. The minimum Gasteiger partial charge on any atom is -0.394 e. The Labute approximate surface area is 184 Å². The summed E-state index contributed by atoms with van der Waals surface area (Å²) < 4.78 is 11.9. The van der Waals surface area contributed by atoms with E-state index in [0.29, 0.717) is 13.0 Å². The van der Waals surface area contributed by atoms with Crippen LogP contribution in [0.4, 0.5) is 0 Å². The molecule has 30 heavy (non-hydrogen) atoms. The molecule has 0 saturated carbocycles. The van der Waals surface area contributed by atoms with Crippen LogP contribution in [0.15, 0.2) is 0 Å². The van der Waals surface area contributed by atoms with Crippen molar-refractivity contribution < 1.29 is 29.9 Å². The number of unbranched alkanes of at least 4 members (excludes halogenated alkanes) is 12. The molecule has 0 aliphatic carbocycles. The summed E-state index contributed by atoms with van der Waals surface area (Å²) in [5, 5.41) is 40.7. The van der Waals surface area contributed by atoms with Crippen LogP contribution in [0.25, 0.3) is 0 Å². The predicted molar refractivity (Wildman–Crippen MR) is 119 cm³/mol. The molecule has 0 bridgehead atoms. The lowest BCUT2D eigenvalue weighted by atomic mass is 9.89. The van der Waals surface area contributed by atoms with Crippen molar-refractivity contribution in [2.24, 2.45) is 0 Å². The third kappa shape index (κ3) is 9.49. The van der Waals surface area contributed by atoms with E-state index in [1.807, 2.05) is 0 Å². The molecule has 1 rings (SSSR count). The molecule has 1 aliphatic rings. The second kappa shape index (κ2) is 16.4. The molecule has 1 fully saturated rings. The zero-order valence-electron chi connectivity index (χ0n) is 19.4. The van der Waals surface area contributed by atoms with E-state index in [4.69, 9.17) is 9.47 Å². The molecular formula is C24H48O6. The quantitative estimate of drug-likeness (QED) is 0.244. The maximum atomic E-state index is 10.7. The Kier molecular flexibility index (Phi) is 15.2. The first kappa shape index (κ1) is 27.8. The molecule has 0 aromatic rings. The van der Waals surface area contributed by atoms with Gasteiger partial charge in [0, 0.05) is 6.42 Å². The van der Waals surface area contributed by atoms with Crippen LogP contribution in [0.2, 0.25) is 0 Å². The van der Waals surface area contributed by atoms with Gasteiger partial charge in [-0.25, -0.2) is 0 Å². The second-order valence-electron chi connectivity index (χ2n) is 8.92. The van der Waals surface area contributed by atoms with Gasteiger partial charge in [0.15, 0.2) is 5.79 Å². The number of aliphatic hydroxyl groups is 4. The molecule has 1 saturated heterocycles. The maximum Gasteiger partial charge on any atom is 0.197 e. The van der Waals surface area contributed by atoms with E-state index >= 15 is 0 Å². The standard InChI is InChI=1S/C24H48O6/c1-3-5-7-9-11-12-13-15-17-24(29-18-16-14-10-8-6-4-2)23(28)22(27)21(26)20(19-25)30-24/h20-23,25-28H,3-19H2,1-2H3/t20-,21-,22+,23-,24?/m1/s1. The van der Waals surface area contributed by atoms with Gasteiger partial charge in [-0.3, -0.25) is 0 Å². The molecule has 0 radical (unpaired) electrons. The number of hydrogen-bond acceptors (Lipinski definition) is 6. The van der Waals surface area contributed by atoms with Crippen LogP contribution in [0, 0.1) is 0 Å². The highest BCUT2D eigenvalue weighted by Gasteiger charge is 2.53. The lowest BCUT2D eigenvalue weighted by molar-refractivity contribution is -0.366. The van der Waals surface area contributed by atoms with Gasteiger partial charge in [-0.15, -0.1) is 0 Å². The average molecular weight is 433 g/mol. The summed E-state index contributed by atoms with van der Waals surface area (Å²) in [6.45, 7) is 4.41. The van der Waals surface area contributed by atoms with Crippen LogP contribution in [0.1, 0.15) is 110 Å². The van der Waals surface area contributed by atoms with Crippen LogP contribution >= 0.6 is 0 Å². The number of aliphatic hydroxyl groups excluding tert-OH is 4. The van der Waals surface area contributed by atoms with E-state index in [0.717, 1.165) is 38.5 Å². The van der Waals surface area contributed by atoms with Crippen LogP contribution < -0.4 is 0 Å². The number of rotatable bonds is 18. The molecule has 0 aromatic carbocycles. The third-order valence-corrected chi connectivity index (χ3v) is 6.26. The minimum absolute atomic E-state index is 0.426. The van der Waals surface area contributed by atoms with Gasteiger partial charge in [-0.05, 0) is 12.8 Å². The Morgan fingerprint density at radius 2 is 1.20 bits per heavy atom. The highest BCUT2D eigenvalue weighted by molar-refractivity contribution is 4.97. The number of hydrogen-bond donors (Lipinski definition) is 4. The molecule has 4 N–H and O–H groups in total. The van der Waals surface area contributed by atoms with E-state index in [2.05, 4.69) is 13.8 Å². The molecule has 1 heterocycles. The van der Waals surface area contributed by atoms with E-state index in [1.54, 1.807) is 0 Å². The smallest absolute Gasteiger partial charge is 0.197 e. The molecule has 5 atom stereocenters. The van der Waals surface area contributed by atoms with Crippen molar-refractivity contribution in [3.63, 3.8) is 0 Å². The molecule has 6 nitrogen and oxygen atoms in total. The summed E-state index contributed by atoms with van der Waals surface area (Å²) in [4.78, 5) is 0. The average Bonchev–Trinajstić information content (AvgIpc) is 2.75. The monoisotopic (exact) mass is 432 g/mol. The molecule has 1 unspecified atom stereocenters. The van der Waals surface area contributed by atoms with Crippen LogP contribution in [-0.4, -0.2) is 63.8 Å². The van der Waals surface area contributed by atoms with Crippen molar-refractivity contribution in [1.82, 2.24) is 0 Å². The normalized spacial score (nSPS) is 29.4. The van der Waals surface area contributed by atoms with Gasteiger partial charge in [0.2, 0.25) is 0 Å². The zero-order chi connectivity index (χ0) is 22.2. The van der Waals surface area contributed by atoms with Crippen molar-refractivity contribution in [2.75, 3.05) is 13.2 Å². The second-order valence-corrected chi connectivity index (χ2v) is 8.92. The molecule has 0 aromatic heterocycles. The molecule has 0 amide bonds. The first-order valence-corrected chi connectivity index (χ1v) is 12.5. The fraction of sp³-hybridized carbons (Fsp3) is 1.00. The van der Waals surface area contributed by atoms with E-state index in [9.17, 15) is 20.4 Å². The van der Waals surface area contributed by atoms with Gasteiger partial charge in [-0.2, -0.15) is 0 Å². The number of ether oxygens (including phenoxy) is 2. The Bertz CT molecular complexity index is 405. The third-order valence-electron chi connectivity index (χ3n) is 6.26. The van der Waals surface area contributed by atoms with E-state index in [1.165, 1.54) is 51.4 Å². The largest absolute Gasteiger partial charge is 0.394 e. The summed E-state index contributed by atoms with van der Waals surface area (Å²) >= 11 is 0. The Balaban J connectivity index is 2.54. The molecule has 6 heteroatoms. The van der Waals surface area contributed by atoms with Gasteiger partial charge in [0.25, 0.3) is 0 Å². The van der Waals surface area contributed by atoms with E-state index in [-0.39, 0.29) is 0 Å². The fourth-order valence-electron chi connectivity index (χ4n) is 4.24. The summed E-state index contributed by atoms with van der Waals surface area (Å²) in [5.41, 5.74) is 0. The summed E-state index contributed by atoms with van der Waals surface area (Å²) in [6.07, 6.45) is 11.4. The zero-order valence-corrected chi connectivity index (χ0v) is 19.4. The molecule has 0 spiro atoms. The Hall–Kier alpha value is -0.240. The van der Waals surface area contributed by atoms with Gasteiger partial charge in [0.1, 0.15) is 24.4 Å². The van der Waals surface area contributed by atoms with Crippen molar-refractivity contribution in [3.05, 3.63) is 0 Å². The maximum absolute atomic E-state index is 10.7. The summed E-state index contributed by atoms with van der Waals surface area (Å²) in [7, 11) is 0. The SMILES string of the molecule is CCCCCCCCCCC1(OCCCCCCCC)O[C@H](CO)[C@@H](O)[C@H](O)[C@H]1O.